The van der Waals surface area contributed by atoms with Crippen LogP contribution in [0.3, 0.4) is 0 Å². The van der Waals surface area contributed by atoms with Crippen molar-refractivity contribution in [3.8, 4) is 5.75 Å². The third kappa shape index (κ3) is 3.21. The Morgan fingerprint density at radius 1 is 1.13 bits per heavy atom. The van der Waals surface area contributed by atoms with Gasteiger partial charge in [0.2, 0.25) is 0 Å². The topological polar surface area (TPSA) is 61.7 Å². The van der Waals surface area contributed by atoms with E-state index in [9.17, 15) is 9.90 Å². The molecule has 120 valence electrons. The van der Waals surface area contributed by atoms with Crippen molar-refractivity contribution in [1.82, 2.24) is 5.43 Å². The Bertz CT molecular complexity index is 755. The number of fused-ring (bicyclic) bond motifs is 1. The molecule has 1 aliphatic carbocycles. The van der Waals surface area contributed by atoms with Crippen molar-refractivity contribution in [3.05, 3.63) is 42.0 Å². The second kappa shape index (κ2) is 6.41. The average Bonchev–Trinajstić information content (AvgIpc) is 2.53. The van der Waals surface area contributed by atoms with Gasteiger partial charge in [-0.05, 0) is 47.6 Å². The van der Waals surface area contributed by atoms with Crippen LogP contribution < -0.4 is 5.43 Å². The van der Waals surface area contributed by atoms with Gasteiger partial charge in [-0.1, -0.05) is 44.5 Å². The highest BCUT2D eigenvalue weighted by atomic mass is 16.3. The Balaban J connectivity index is 1.84. The number of amides is 1. The van der Waals surface area contributed by atoms with Gasteiger partial charge in [0.1, 0.15) is 5.75 Å². The van der Waals surface area contributed by atoms with E-state index in [1.165, 1.54) is 6.42 Å². The van der Waals surface area contributed by atoms with Gasteiger partial charge in [-0.3, -0.25) is 4.79 Å². The number of nitrogens with one attached hydrogen (secondary N) is 1. The summed E-state index contributed by atoms with van der Waals surface area (Å²) in [7, 11) is 0. The van der Waals surface area contributed by atoms with Gasteiger partial charge in [-0.2, -0.15) is 5.10 Å². The summed E-state index contributed by atoms with van der Waals surface area (Å²) >= 11 is 0. The Labute approximate surface area is 136 Å². The van der Waals surface area contributed by atoms with Crippen LogP contribution in [0.5, 0.6) is 5.75 Å². The van der Waals surface area contributed by atoms with Crippen LogP contribution >= 0.6 is 0 Å². The van der Waals surface area contributed by atoms with E-state index < -0.39 is 0 Å². The number of carbonyl (C=O) groups is 1. The minimum atomic E-state index is -0.370. The predicted molar refractivity (Wildman–Crippen MR) is 92.7 cm³/mol. The van der Waals surface area contributed by atoms with Crippen LogP contribution in [0.4, 0.5) is 0 Å². The van der Waals surface area contributed by atoms with Gasteiger partial charge in [0, 0.05) is 5.71 Å². The molecule has 23 heavy (non-hydrogen) atoms. The van der Waals surface area contributed by atoms with Crippen molar-refractivity contribution in [2.24, 2.45) is 16.9 Å². The number of carbonyl (C=O) groups excluding carboxylic acids is 1. The van der Waals surface area contributed by atoms with Crippen molar-refractivity contribution in [3.63, 3.8) is 0 Å². The first-order valence-corrected chi connectivity index (χ1v) is 8.16. The van der Waals surface area contributed by atoms with E-state index in [1.807, 2.05) is 24.3 Å². The molecule has 3 rings (SSSR count). The van der Waals surface area contributed by atoms with Crippen molar-refractivity contribution in [2.75, 3.05) is 0 Å². The maximum absolute atomic E-state index is 12.4. The fourth-order valence-electron chi connectivity index (χ4n) is 3.32. The molecule has 0 saturated heterocycles. The van der Waals surface area contributed by atoms with Gasteiger partial charge in [0.15, 0.2) is 0 Å². The quantitative estimate of drug-likeness (QED) is 0.821. The number of phenols is 1. The lowest BCUT2D eigenvalue weighted by Crippen LogP contribution is -2.29. The Morgan fingerprint density at radius 2 is 1.74 bits per heavy atom. The van der Waals surface area contributed by atoms with E-state index in [2.05, 4.69) is 24.4 Å². The summed E-state index contributed by atoms with van der Waals surface area (Å²) < 4.78 is 0. The van der Waals surface area contributed by atoms with Crippen LogP contribution in [0.1, 0.15) is 43.5 Å². The summed E-state index contributed by atoms with van der Waals surface area (Å²) in [5, 5.41) is 16.3. The molecule has 2 aromatic carbocycles. The molecule has 1 saturated carbocycles. The second-order valence-electron chi connectivity index (χ2n) is 6.43. The highest BCUT2D eigenvalue weighted by molar-refractivity contribution is 6.02. The maximum atomic E-state index is 12.4. The number of benzene rings is 2. The van der Waals surface area contributed by atoms with Crippen molar-refractivity contribution in [2.45, 2.75) is 33.1 Å². The Morgan fingerprint density at radius 3 is 2.39 bits per heavy atom. The van der Waals surface area contributed by atoms with E-state index >= 15 is 0 Å². The first kappa shape index (κ1) is 15.5. The molecular formula is C19H22N2O2. The second-order valence-corrected chi connectivity index (χ2v) is 6.43. The minimum Gasteiger partial charge on any atom is -0.507 e. The first-order valence-electron chi connectivity index (χ1n) is 8.16. The molecule has 0 aromatic heterocycles. The molecule has 0 heterocycles. The number of aromatic hydroxyl groups is 1. The number of hydrazone groups is 1. The van der Waals surface area contributed by atoms with E-state index in [0.29, 0.717) is 11.8 Å². The number of rotatable bonds is 2. The predicted octanol–water partition coefficient (Wildman–Crippen LogP) is 4.09. The van der Waals surface area contributed by atoms with Gasteiger partial charge in [-0.25, -0.2) is 5.43 Å². The Kier molecular flexibility index (Phi) is 4.33. The van der Waals surface area contributed by atoms with E-state index in [-0.39, 0.29) is 17.2 Å². The van der Waals surface area contributed by atoms with Gasteiger partial charge in [0.05, 0.1) is 5.56 Å². The normalized spacial score (nSPS) is 21.2. The van der Waals surface area contributed by atoms with Gasteiger partial charge in [-0.15, -0.1) is 0 Å². The third-order valence-corrected chi connectivity index (χ3v) is 4.68. The number of nitrogens with zero attached hydrogens (tertiary/aromatic N) is 1. The van der Waals surface area contributed by atoms with Gasteiger partial charge in [0.25, 0.3) is 5.91 Å². The molecule has 0 radical (unpaired) electrons. The monoisotopic (exact) mass is 310 g/mol. The van der Waals surface area contributed by atoms with Gasteiger partial charge < -0.3 is 5.11 Å². The minimum absolute atomic E-state index is 0.0221. The van der Waals surface area contributed by atoms with Crippen molar-refractivity contribution < 1.29 is 9.90 Å². The van der Waals surface area contributed by atoms with Crippen LogP contribution in [-0.4, -0.2) is 16.7 Å². The van der Waals surface area contributed by atoms with E-state index in [1.54, 1.807) is 12.1 Å². The van der Waals surface area contributed by atoms with Crippen LogP contribution in [0, 0.1) is 11.8 Å². The zero-order chi connectivity index (χ0) is 16.4. The summed E-state index contributed by atoms with van der Waals surface area (Å²) in [6.45, 7) is 4.29. The standard InChI is InChI=1S/C19H22N2O2/c1-12-6-5-7-13(2)18(12)20-21-19(23)16-10-14-8-3-4-9-15(14)11-17(16)22/h3-4,8-13,22H,5-7H2,1-2H3,(H,21,23)/t12-,13-/m0/s1. The summed E-state index contributed by atoms with van der Waals surface area (Å²) in [4.78, 5) is 12.4. The fraction of sp³-hybridized carbons (Fsp3) is 0.368. The molecule has 0 aliphatic heterocycles. The maximum Gasteiger partial charge on any atom is 0.275 e. The lowest BCUT2D eigenvalue weighted by atomic mass is 9.81. The molecule has 0 unspecified atom stereocenters. The highest BCUT2D eigenvalue weighted by Crippen LogP contribution is 2.27. The smallest absolute Gasteiger partial charge is 0.275 e. The molecule has 1 fully saturated rings. The van der Waals surface area contributed by atoms with E-state index in [0.717, 1.165) is 29.3 Å². The van der Waals surface area contributed by atoms with Crippen molar-refractivity contribution >= 4 is 22.4 Å². The van der Waals surface area contributed by atoms with Crippen molar-refractivity contribution in [1.29, 1.82) is 0 Å². The SMILES string of the molecule is C[C@H]1CCC[C@H](C)C1=NNC(=O)c1cc2ccccc2cc1O. The molecule has 1 aliphatic rings. The summed E-state index contributed by atoms with van der Waals surface area (Å²) in [6.07, 6.45) is 3.43. The molecule has 4 nitrogen and oxygen atoms in total. The highest BCUT2D eigenvalue weighted by Gasteiger charge is 2.23. The molecular weight excluding hydrogens is 288 g/mol. The van der Waals surface area contributed by atoms with Gasteiger partial charge >= 0.3 is 0 Å². The number of hydrogen-bond donors (Lipinski definition) is 2. The lowest BCUT2D eigenvalue weighted by Gasteiger charge is -2.26. The summed E-state index contributed by atoms with van der Waals surface area (Å²) in [6, 6.07) is 11.0. The fourth-order valence-corrected chi connectivity index (χ4v) is 3.32. The van der Waals surface area contributed by atoms with Crippen LogP contribution in [0.2, 0.25) is 0 Å². The molecule has 0 bridgehead atoms. The zero-order valence-corrected chi connectivity index (χ0v) is 13.5. The zero-order valence-electron chi connectivity index (χ0n) is 13.5. The molecule has 2 aromatic rings. The Hall–Kier alpha value is -2.36. The molecule has 0 spiro atoms. The largest absolute Gasteiger partial charge is 0.507 e. The molecule has 4 heteroatoms. The first-order chi connectivity index (χ1) is 11.1. The average molecular weight is 310 g/mol. The number of phenolic OH excluding ortho intramolecular Hbond substituents is 1. The molecule has 2 N–H and O–H groups in total. The van der Waals surface area contributed by atoms with Crippen LogP contribution in [-0.2, 0) is 0 Å². The van der Waals surface area contributed by atoms with E-state index in [4.69, 9.17) is 0 Å². The third-order valence-electron chi connectivity index (χ3n) is 4.68. The van der Waals surface area contributed by atoms with Crippen LogP contribution in [0.25, 0.3) is 10.8 Å². The van der Waals surface area contributed by atoms with Crippen LogP contribution in [0.15, 0.2) is 41.5 Å². The molecule has 1 amide bonds. The summed E-state index contributed by atoms with van der Waals surface area (Å²) in [5.41, 5.74) is 3.92. The number of hydrogen-bond acceptors (Lipinski definition) is 3. The summed E-state index contributed by atoms with van der Waals surface area (Å²) in [5.74, 6) is 0.394. The molecule has 2 atom stereocenters. The lowest BCUT2D eigenvalue weighted by molar-refractivity contribution is 0.0951.